The van der Waals surface area contributed by atoms with Gasteiger partial charge in [-0.2, -0.15) is 0 Å². The van der Waals surface area contributed by atoms with Crippen molar-refractivity contribution in [2.45, 2.75) is 38.1 Å². The van der Waals surface area contributed by atoms with Crippen LogP contribution < -0.4 is 5.32 Å². The van der Waals surface area contributed by atoms with Gasteiger partial charge in [-0.3, -0.25) is 9.59 Å². The van der Waals surface area contributed by atoms with Gasteiger partial charge in [0, 0.05) is 19.6 Å². The Labute approximate surface area is 95.2 Å². The molecule has 5 nitrogen and oxygen atoms in total. The van der Waals surface area contributed by atoms with Crippen LogP contribution in [0.1, 0.15) is 32.1 Å². The van der Waals surface area contributed by atoms with Gasteiger partial charge < -0.3 is 15.2 Å². The van der Waals surface area contributed by atoms with Crippen molar-refractivity contribution >= 4 is 11.9 Å². The molecule has 5 heteroatoms. The highest BCUT2D eigenvalue weighted by molar-refractivity contribution is 5.78. The molecule has 0 spiro atoms. The number of carbonyl (C=O) groups excluding carboxylic acids is 1. The summed E-state index contributed by atoms with van der Waals surface area (Å²) in [7, 11) is 1.54. The topological polar surface area (TPSA) is 75.6 Å². The maximum atomic E-state index is 11.5. The van der Waals surface area contributed by atoms with Crippen LogP contribution in [0, 0.1) is 5.92 Å². The Hall–Kier alpha value is -1.10. The van der Waals surface area contributed by atoms with E-state index >= 15 is 0 Å². The lowest BCUT2D eigenvalue weighted by Gasteiger charge is -2.29. The van der Waals surface area contributed by atoms with Gasteiger partial charge in [0.15, 0.2) is 0 Å². The molecule has 1 rings (SSSR count). The van der Waals surface area contributed by atoms with E-state index in [0.29, 0.717) is 19.4 Å². The number of hydrogen-bond acceptors (Lipinski definition) is 3. The third kappa shape index (κ3) is 3.81. The predicted octanol–water partition coefficient (Wildman–Crippen LogP) is 0.782. The molecule has 2 unspecified atom stereocenters. The van der Waals surface area contributed by atoms with Crippen molar-refractivity contribution in [2.24, 2.45) is 5.92 Å². The lowest BCUT2D eigenvalue weighted by molar-refractivity contribution is -0.144. The van der Waals surface area contributed by atoms with E-state index in [1.807, 2.05) is 0 Å². The minimum Gasteiger partial charge on any atom is -0.481 e. The van der Waals surface area contributed by atoms with Crippen LogP contribution in [-0.2, 0) is 14.3 Å². The summed E-state index contributed by atoms with van der Waals surface area (Å²) in [5.41, 5.74) is 0. The summed E-state index contributed by atoms with van der Waals surface area (Å²) >= 11 is 0. The monoisotopic (exact) mass is 229 g/mol. The summed E-state index contributed by atoms with van der Waals surface area (Å²) in [4.78, 5) is 22.4. The van der Waals surface area contributed by atoms with Crippen molar-refractivity contribution in [3.8, 4) is 0 Å². The molecule has 0 saturated heterocycles. The molecule has 0 bridgehead atoms. The Balaban J connectivity index is 2.43. The minimum absolute atomic E-state index is 0.125. The first-order valence-corrected chi connectivity index (χ1v) is 5.66. The van der Waals surface area contributed by atoms with Gasteiger partial charge in [0.1, 0.15) is 0 Å². The molecular formula is C11H19NO4. The average Bonchev–Trinajstić information content (AvgIpc) is 2.27. The maximum absolute atomic E-state index is 11.5. The molecule has 1 amide bonds. The number of hydrogen-bond donors (Lipinski definition) is 2. The first-order valence-electron chi connectivity index (χ1n) is 5.66. The summed E-state index contributed by atoms with van der Waals surface area (Å²) in [6.45, 7) is 0.371. The minimum atomic E-state index is -0.809. The Morgan fingerprint density at radius 1 is 1.38 bits per heavy atom. The summed E-state index contributed by atoms with van der Waals surface area (Å²) < 4.78 is 4.80. The molecule has 0 heterocycles. The number of nitrogens with one attached hydrogen (secondary N) is 1. The second kappa shape index (κ2) is 6.48. The van der Waals surface area contributed by atoms with Gasteiger partial charge in [-0.05, 0) is 12.8 Å². The third-order valence-corrected chi connectivity index (χ3v) is 2.96. The average molecular weight is 229 g/mol. The molecule has 0 aromatic carbocycles. The normalized spacial score (nSPS) is 25.1. The van der Waals surface area contributed by atoms with Gasteiger partial charge in [-0.15, -0.1) is 0 Å². The number of methoxy groups -OCH3 is 1. The molecule has 2 N–H and O–H groups in total. The van der Waals surface area contributed by atoms with E-state index in [9.17, 15) is 9.59 Å². The van der Waals surface area contributed by atoms with Gasteiger partial charge in [0.25, 0.3) is 0 Å². The van der Waals surface area contributed by atoms with Gasteiger partial charge in [-0.25, -0.2) is 0 Å². The highest BCUT2D eigenvalue weighted by Crippen LogP contribution is 2.24. The molecule has 16 heavy (non-hydrogen) atoms. The number of carboxylic acids is 1. The van der Waals surface area contributed by atoms with Gasteiger partial charge >= 0.3 is 5.97 Å². The summed E-state index contributed by atoms with van der Waals surface area (Å²) in [5, 5.41) is 11.8. The maximum Gasteiger partial charge on any atom is 0.308 e. The van der Waals surface area contributed by atoms with Crippen molar-refractivity contribution in [3.63, 3.8) is 0 Å². The van der Waals surface area contributed by atoms with E-state index in [0.717, 1.165) is 19.3 Å². The number of carbonyl (C=O) groups is 2. The summed E-state index contributed by atoms with van der Waals surface area (Å²) in [6.07, 6.45) is 3.62. The van der Waals surface area contributed by atoms with E-state index in [1.54, 1.807) is 0 Å². The van der Waals surface area contributed by atoms with E-state index in [1.165, 1.54) is 7.11 Å². The number of rotatable bonds is 5. The molecule has 0 radical (unpaired) electrons. The quantitative estimate of drug-likeness (QED) is 0.730. The van der Waals surface area contributed by atoms with Crippen molar-refractivity contribution in [3.05, 3.63) is 0 Å². The number of aliphatic carboxylic acids is 1. The molecule has 92 valence electrons. The molecule has 0 aliphatic heterocycles. The smallest absolute Gasteiger partial charge is 0.308 e. The first-order chi connectivity index (χ1) is 7.65. The zero-order valence-electron chi connectivity index (χ0n) is 9.57. The van der Waals surface area contributed by atoms with Crippen molar-refractivity contribution in [1.82, 2.24) is 5.32 Å². The van der Waals surface area contributed by atoms with Crippen LogP contribution in [0.15, 0.2) is 0 Å². The first kappa shape index (κ1) is 13.0. The molecule has 1 aliphatic carbocycles. The Bertz CT molecular complexity index is 254. The van der Waals surface area contributed by atoms with Crippen molar-refractivity contribution in [2.75, 3.05) is 13.7 Å². The van der Waals surface area contributed by atoms with Gasteiger partial charge in [0.05, 0.1) is 12.5 Å². The number of ether oxygens (including phenoxy) is 1. The zero-order valence-corrected chi connectivity index (χ0v) is 9.57. The van der Waals surface area contributed by atoms with Crippen LogP contribution in [0.5, 0.6) is 0 Å². The molecule has 1 fully saturated rings. The fourth-order valence-electron chi connectivity index (χ4n) is 2.07. The molecule has 1 saturated carbocycles. The van der Waals surface area contributed by atoms with Gasteiger partial charge in [-0.1, -0.05) is 12.8 Å². The van der Waals surface area contributed by atoms with E-state index in [2.05, 4.69) is 5.32 Å². The second-order valence-corrected chi connectivity index (χ2v) is 4.15. The molecule has 2 atom stereocenters. The van der Waals surface area contributed by atoms with E-state index < -0.39 is 11.9 Å². The van der Waals surface area contributed by atoms with Crippen LogP contribution >= 0.6 is 0 Å². The highest BCUT2D eigenvalue weighted by atomic mass is 16.5. The van der Waals surface area contributed by atoms with Crippen LogP contribution in [0.25, 0.3) is 0 Å². The highest BCUT2D eigenvalue weighted by Gasteiger charge is 2.31. The van der Waals surface area contributed by atoms with Gasteiger partial charge in [0.2, 0.25) is 5.91 Å². The fraction of sp³-hybridized carbons (Fsp3) is 0.818. The Morgan fingerprint density at radius 2 is 2.06 bits per heavy atom. The third-order valence-electron chi connectivity index (χ3n) is 2.96. The number of amides is 1. The standard InChI is InChI=1S/C11H19NO4/c1-16-7-6-10(13)12-9-5-3-2-4-8(9)11(14)15/h8-9H,2-7H2,1H3,(H,12,13)(H,14,15). The number of carboxylic acid groups (broad SMARTS) is 1. The Kier molecular flexibility index (Phi) is 5.25. The molecule has 1 aliphatic rings. The predicted molar refractivity (Wildman–Crippen MR) is 58.0 cm³/mol. The summed E-state index contributed by atoms with van der Waals surface area (Å²) in [6, 6.07) is -0.212. The lowest BCUT2D eigenvalue weighted by atomic mass is 9.84. The van der Waals surface area contributed by atoms with Crippen LogP contribution in [-0.4, -0.2) is 36.7 Å². The van der Waals surface area contributed by atoms with Crippen molar-refractivity contribution in [1.29, 1.82) is 0 Å². The van der Waals surface area contributed by atoms with E-state index in [-0.39, 0.29) is 11.9 Å². The van der Waals surface area contributed by atoms with E-state index in [4.69, 9.17) is 9.84 Å². The Morgan fingerprint density at radius 3 is 2.69 bits per heavy atom. The molecular weight excluding hydrogens is 210 g/mol. The largest absolute Gasteiger partial charge is 0.481 e. The molecule has 0 aromatic heterocycles. The van der Waals surface area contributed by atoms with Crippen LogP contribution in [0.2, 0.25) is 0 Å². The fourth-order valence-corrected chi connectivity index (χ4v) is 2.07. The van der Waals surface area contributed by atoms with Crippen LogP contribution in [0.4, 0.5) is 0 Å². The molecule has 0 aromatic rings. The van der Waals surface area contributed by atoms with Crippen LogP contribution in [0.3, 0.4) is 0 Å². The second-order valence-electron chi connectivity index (χ2n) is 4.15. The zero-order chi connectivity index (χ0) is 12.0. The summed E-state index contributed by atoms with van der Waals surface area (Å²) in [5.74, 6) is -1.36. The van der Waals surface area contributed by atoms with Crippen molar-refractivity contribution < 1.29 is 19.4 Å². The lowest BCUT2D eigenvalue weighted by Crippen LogP contribution is -2.45. The SMILES string of the molecule is COCCC(=O)NC1CCCCC1C(=O)O.